The molecule has 74 valence electrons. The van der Waals surface area contributed by atoms with Crippen LogP contribution in [0.25, 0.3) is 0 Å². The minimum Gasteiger partial charge on any atom is -0.497 e. The fourth-order valence-corrected chi connectivity index (χ4v) is 1.90. The van der Waals surface area contributed by atoms with Crippen molar-refractivity contribution in [2.45, 2.75) is 6.92 Å². The summed E-state index contributed by atoms with van der Waals surface area (Å²) in [6, 6.07) is 3.25. The quantitative estimate of drug-likeness (QED) is 0.489. The standard InChI is InChI=1S/C10H9IO3/c1-6(13)9-4-8(14-2)3-7(5-12)10(9)11/h3-5H,1-2H3. The highest BCUT2D eigenvalue weighted by Crippen LogP contribution is 2.23. The van der Waals surface area contributed by atoms with E-state index in [4.69, 9.17) is 4.74 Å². The second-order valence-corrected chi connectivity index (χ2v) is 3.83. The summed E-state index contributed by atoms with van der Waals surface area (Å²) >= 11 is 1.98. The lowest BCUT2D eigenvalue weighted by Gasteiger charge is -2.06. The molecule has 0 aliphatic heterocycles. The van der Waals surface area contributed by atoms with Gasteiger partial charge < -0.3 is 4.74 Å². The Bertz CT molecular complexity index is 385. The summed E-state index contributed by atoms with van der Waals surface area (Å²) in [4.78, 5) is 21.9. The third kappa shape index (κ3) is 2.12. The highest BCUT2D eigenvalue weighted by Gasteiger charge is 2.11. The minimum atomic E-state index is -0.0728. The molecule has 0 aliphatic rings. The van der Waals surface area contributed by atoms with Crippen molar-refractivity contribution in [2.24, 2.45) is 0 Å². The Labute approximate surface area is 95.6 Å². The maximum Gasteiger partial charge on any atom is 0.161 e. The van der Waals surface area contributed by atoms with E-state index in [2.05, 4.69) is 0 Å². The molecule has 0 aromatic heterocycles. The van der Waals surface area contributed by atoms with Gasteiger partial charge in [-0.2, -0.15) is 0 Å². The van der Waals surface area contributed by atoms with Gasteiger partial charge in [0.2, 0.25) is 0 Å². The van der Waals surface area contributed by atoms with Crippen LogP contribution in [0.2, 0.25) is 0 Å². The average molecular weight is 304 g/mol. The van der Waals surface area contributed by atoms with Gasteiger partial charge in [-0.3, -0.25) is 9.59 Å². The molecular formula is C10H9IO3. The van der Waals surface area contributed by atoms with Gasteiger partial charge in [0.25, 0.3) is 0 Å². The first kappa shape index (κ1) is 11.2. The summed E-state index contributed by atoms with van der Waals surface area (Å²) < 4.78 is 5.66. The van der Waals surface area contributed by atoms with Crippen molar-refractivity contribution in [3.8, 4) is 5.75 Å². The van der Waals surface area contributed by atoms with E-state index < -0.39 is 0 Å². The van der Waals surface area contributed by atoms with Gasteiger partial charge in [0.1, 0.15) is 5.75 Å². The third-order valence-electron chi connectivity index (χ3n) is 1.82. The lowest BCUT2D eigenvalue weighted by molar-refractivity contribution is 0.101. The summed E-state index contributed by atoms with van der Waals surface area (Å²) in [5, 5.41) is 0. The largest absolute Gasteiger partial charge is 0.497 e. The van der Waals surface area contributed by atoms with E-state index in [1.54, 1.807) is 12.1 Å². The van der Waals surface area contributed by atoms with Crippen molar-refractivity contribution >= 4 is 34.7 Å². The molecule has 4 heteroatoms. The molecule has 0 amide bonds. The van der Waals surface area contributed by atoms with Crippen LogP contribution in [0.3, 0.4) is 0 Å². The van der Waals surface area contributed by atoms with Crippen LogP contribution in [0, 0.1) is 3.57 Å². The third-order valence-corrected chi connectivity index (χ3v) is 3.02. The summed E-state index contributed by atoms with van der Waals surface area (Å²) in [6.45, 7) is 1.46. The smallest absolute Gasteiger partial charge is 0.161 e. The van der Waals surface area contributed by atoms with E-state index in [-0.39, 0.29) is 5.78 Å². The van der Waals surface area contributed by atoms with Crippen LogP contribution in [-0.4, -0.2) is 19.2 Å². The number of methoxy groups -OCH3 is 1. The summed E-state index contributed by atoms with van der Waals surface area (Å²) in [7, 11) is 1.50. The van der Waals surface area contributed by atoms with Gasteiger partial charge in [-0.25, -0.2) is 0 Å². The SMILES string of the molecule is COc1cc(C=O)c(I)c(C(C)=O)c1. The van der Waals surface area contributed by atoms with Gasteiger partial charge in [0, 0.05) is 14.7 Å². The number of hydrogen-bond donors (Lipinski definition) is 0. The second kappa shape index (κ2) is 4.54. The fraction of sp³-hybridized carbons (Fsp3) is 0.200. The van der Waals surface area contributed by atoms with E-state index in [0.29, 0.717) is 20.4 Å². The Morgan fingerprint density at radius 2 is 2.14 bits per heavy atom. The average Bonchev–Trinajstić information content (AvgIpc) is 2.17. The molecule has 1 rings (SSSR count). The lowest BCUT2D eigenvalue weighted by atomic mass is 10.1. The molecule has 0 unspecified atom stereocenters. The number of hydrogen-bond acceptors (Lipinski definition) is 3. The molecule has 0 bridgehead atoms. The molecule has 0 spiro atoms. The topological polar surface area (TPSA) is 43.4 Å². The predicted molar refractivity (Wildman–Crippen MR) is 61.1 cm³/mol. The highest BCUT2D eigenvalue weighted by atomic mass is 127. The van der Waals surface area contributed by atoms with Gasteiger partial charge in [-0.15, -0.1) is 0 Å². The van der Waals surface area contributed by atoms with Crippen molar-refractivity contribution in [2.75, 3.05) is 7.11 Å². The predicted octanol–water partition coefficient (Wildman–Crippen LogP) is 2.31. The maximum atomic E-state index is 11.2. The minimum absolute atomic E-state index is 0.0728. The molecule has 0 radical (unpaired) electrons. The van der Waals surface area contributed by atoms with E-state index in [1.165, 1.54) is 14.0 Å². The molecule has 0 N–H and O–H groups in total. The zero-order valence-electron chi connectivity index (χ0n) is 7.83. The van der Waals surface area contributed by atoms with Gasteiger partial charge in [0.05, 0.1) is 7.11 Å². The van der Waals surface area contributed by atoms with Crippen LogP contribution >= 0.6 is 22.6 Å². The van der Waals surface area contributed by atoms with Crippen LogP contribution in [0.15, 0.2) is 12.1 Å². The number of benzene rings is 1. The van der Waals surface area contributed by atoms with Crippen molar-refractivity contribution < 1.29 is 14.3 Å². The fourth-order valence-electron chi connectivity index (χ4n) is 1.08. The van der Waals surface area contributed by atoms with Crippen LogP contribution in [0.5, 0.6) is 5.75 Å². The Morgan fingerprint density at radius 1 is 1.50 bits per heavy atom. The Morgan fingerprint density at radius 3 is 2.57 bits per heavy atom. The monoisotopic (exact) mass is 304 g/mol. The maximum absolute atomic E-state index is 11.2. The van der Waals surface area contributed by atoms with Crippen LogP contribution in [-0.2, 0) is 0 Å². The number of rotatable bonds is 3. The number of ether oxygens (including phenoxy) is 1. The van der Waals surface area contributed by atoms with Crippen molar-refractivity contribution in [1.82, 2.24) is 0 Å². The van der Waals surface area contributed by atoms with Crippen LogP contribution in [0.1, 0.15) is 27.6 Å². The second-order valence-electron chi connectivity index (χ2n) is 2.75. The normalized spacial score (nSPS) is 9.64. The Balaban J connectivity index is 3.41. The first-order chi connectivity index (χ1) is 6.60. The zero-order chi connectivity index (χ0) is 10.7. The molecule has 0 fully saturated rings. The molecule has 0 heterocycles. The summed E-state index contributed by atoms with van der Waals surface area (Å²) in [5.41, 5.74) is 1.00. The number of aldehydes is 1. The zero-order valence-corrected chi connectivity index (χ0v) is 9.99. The van der Waals surface area contributed by atoms with E-state index >= 15 is 0 Å². The number of ketones is 1. The van der Waals surface area contributed by atoms with Gasteiger partial charge in [-0.05, 0) is 41.6 Å². The van der Waals surface area contributed by atoms with Crippen LogP contribution in [0.4, 0.5) is 0 Å². The van der Waals surface area contributed by atoms with Crippen molar-refractivity contribution in [1.29, 1.82) is 0 Å². The molecule has 0 aliphatic carbocycles. The molecule has 14 heavy (non-hydrogen) atoms. The Kier molecular flexibility index (Phi) is 3.62. The van der Waals surface area contributed by atoms with E-state index in [1.807, 2.05) is 22.6 Å². The molecule has 0 saturated carbocycles. The molecule has 3 nitrogen and oxygen atoms in total. The molecule has 0 saturated heterocycles. The first-order valence-electron chi connectivity index (χ1n) is 3.93. The first-order valence-corrected chi connectivity index (χ1v) is 5.01. The summed E-state index contributed by atoms with van der Waals surface area (Å²) in [6.07, 6.45) is 0.719. The number of halogens is 1. The van der Waals surface area contributed by atoms with Gasteiger partial charge >= 0.3 is 0 Å². The Hall–Kier alpha value is -0.910. The van der Waals surface area contributed by atoms with E-state index in [0.717, 1.165) is 6.29 Å². The number of Topliss-reactive ketones (excluding diaryl/α,β-unsaturated/α-hetero) is 1. The molecule has 1 aromatic carbocycles. The molecule has 0 atom stereocenters. The van der Waals surface area contributed by atoms with Crippen LogP contribution < -0.4 is 4.74 Å². The van der Waals surface area contributed by atoms with E-state index in [9.17, 15) is 9.59 Å². The van der Waals surface area contributed by atoms with Crippen molar-refractivity contribution in [3.63, 3.8) is 0 Å². The van der Waals surface area contributed by atoms with Gasteiger partial charge in [-0.1, -0.05) is 0 Å². The number of carbonyl (C=O) groups excluding carboxylic acids is 2. The highest BCUT2D eigenvalue weighted by molar-refractivity contribution is 14.1. The summed E-state index contributed by atoms with van der Waals surface area (Å²) in [5.74, 6) is 0.453. The molecular weight excluding hydrogens is 295 g/mol. The van der Waals surface area contributed by atoms with Gasteiger partial charge in [0.15, 0.2) is 12.1 Å². The molecule has 1 aromatic rings. The number of carbonyl (C=O) groups is 2. The lowest BCUT2D eigenvalue weighted by Crippen LogP contribution is -2.01. The van der Waals surface area contributed by atoms with Crippen molar-refractivity contribution in [3.05, 3.63) is 26.8 Å².